The summed E-state index contributed by atoms with van der Waals surface area (Å²) in [5.74, 6) is -0.0346. The standard InChI is InChI=1S/C13H16BrNO4/c1-9-3-4-11(10(14)7-9)19-8-12(16)15-6-5-13(17)18-2/h3-4,7H,5-6,8H2,1-2H3,(H,15,16). The van der Waals surface area contributed by atoms with Crippen molar-refractivity contribution in [2.24, 2.45) is 0 Å². The lowest BCUT2D eigenvalue weighted by atomic mass is 10.2. The van der Waals surface area contributed by atoms with Gasteiger partial charge < -0.3 is 14.8 Å². The molecule has 6 heteroatoms. The number of esters is 1. The lowest BCUT2D eigenvalue weighted by molar-refractivity contribution is -0.140. The van der Waals surface area contributed by atoms with E-state index in [1.165, 1.54) is 7.11 Å². The molecule has 0 saturated carbocycles. The number of halogens is 1. The molecule has 1 aromatic carbocycles. The maximum absolute atomic E-state index is 11.5. The molecule has 1 aromatic rings. The number of amides is 1. The van der Waals surface area contributed by atoms with Gasteiger partial charge in [0.2, 0.25) is 0 Å². The molecule has 1 amide bonds. The van der Waals surface area contributed by atoms with E-state index in [9.17, 15) is 9.59 Å². The first-order valence-electron chi connectivity index (χ1n) is 5.75. The summed E-state index contributed by atoms with van der Waals surface area (Å²) < 4.78 is 10.6. The molecule has 0 atom stereocenters. The number of ether oxygens (including phenoxy) is 2. The Kier molecular flexibility index (Phi) is 6.35. The fourth-order valence-corrected chi connectivity index (χ4v) is 1.93. The van der Waals surface area contributed by atoms with Crippen LogP contribution in [0.25, 0.3) is 0 Å². The van der Waals surface area contributed by atoms with Gasteiger partial charge in [-0.25, -0.2) is 0 Å². The van der Waals surface area contributed by atoms with Gasteiger partial charge in [-0.15, -0.1) is 0 Å². The maximum atomic E-state index is 11.5. The Labute approximate surface area is 120 Å². The molecular weight excluding hydrogens is 314 g/mol. The third-order valence-electron chi connectivity index (χ3n) is 2.33. The lowest BCUT2D eigenvalue weighted by Gasteiger charge is -2.09. The molecule has 0 heterocycles. The first-order valence-corrected chi connectivity index (χ1v) is 6.54. The third kappa shape index (κ3) is 5.74. The van der Waals surface area contributed by atoms with Gasteiger partial charge in [-0.05, 0) is 40.5 Å². The average molecular weight is 330 g/mol. The molecule has 0 aliphatic heterocycles. The van der Waals surface area contributed by atoms with Crippen molar-refractivity contribution in [3.05, 3.63) is 28.2 Å². The molecule has 0 aliphatic rings. The number of hydrogen-bond acceptors (Lipinski definition) is 4. The van der Waals surface area contributed by atoms with Crippen molar-refractivity contribution in [1.82, 2.24) is 5.32 Å². The zero-order chi connectivity index (χ0) is 14.3. The van der Waals surface area contributed by atoms with Crippen molar-refractivity contribution in [1.29, 1.82) is 0 Å². The van der Waals surface area contributed by atoms with E-state index in [4.69, 9.17) is 4.74 Å². The van der Waals surface area contributed by atoms with Crippen molar-refractivity contribution >= 4 is 27.8 Å². The van der Waals surface area contributed by atoms with Crippen molar-refractivity contribution in [3.63, 3.8) is 0 Å². The second-order valence-corrected chi connectivity index (χ2v) is 4.75. The van der Waals surface area contributed by atoms with Crippen LogP contribution in [0.1, 0.15) is 12.0 Å². The Bertz CT molecular complexity index is 462. The van der Waals surface area contributed by atoms with Gasteiger partial charge >= 0.3 is 5.97 Å². The average Bonchev–Trinajstić information content (AvgIpc) is 2.37. The zero-order valence-electron chi connectivity index (χ0n) is 10.9. The summed E-state index contributed by atoms with van der Waals surface area (Å²) in [6.45, 7) is 2.11. The number of rotatable bonds is 6. The van der Waals surface area contributed by atoms with Gasteiger partial charge in [0.1, 0.15) is 5.75 Å². The third-order valence-corrected chi connectivity index (χ3v) is 2.94. The van der Waals surface area contributed by atoms with E-state index < -0.39 is 0 Å². The molecule has 5 nitrogen and oxygen atoms in total. The van der Waals surface area contributed by atoms with Crippen LogP contribution in [0.5, 0.6) is 5.75 Å². The summed E-state index contributed by atoms with van der Waals surface area (Å²) in [7, 11) is 1.31. The van der Waals surface area contributed by atoms with Gasteiger partial charge in [0.15, 0.2) is 6.61 Å². The summed E-state index contributed by atoms with van der Waals surface area (Å²) in [5, 5.41) is 2.57. The second kappa shape index (κ2) is 7.78. The van der Waals surface area contributed by atoms with E-state index in [2.05, 4.69) is 26.0 Å². The molecule has 0 bridgehead atoms. The maximum Gasteiger partial charge on any atom is 0.307 e. The molecule has 0 spiro atoms. The molecular formula is C13H16BrNO4. The van der Waals surface area contributed by atoms with Crippen LogP contribution in [0.2, 0.25) is 0 Å². The molecule has 1 N–H and O–H groups in total. The minimum atomic E-state index is -0.359. The first-order chi connectivity index (χ1) is 9.02. The molecule has 19 heavy (non-hydrogen) atoms. The van der Waals surface area contributed by atoms with Gasteiger partial charge in [-0.1, -0.05) is 6.07 Å². The van der Waals surface area contributed by atoms with Crippen molar-refractivity contribution in [2.45, 2.75) is 13.3 Å². The molecule has 0 unspecified atom stereocenters. The van der Waals surface area contributed by atoms with Crippen molar-refractivity contribution in [3.8, 4) is 5.75 Å². The Morgan fingerprint density at radius 1 is 1.37 bits per heavy atom. The van der Waals surface area contributed by atoms with Crippen LogP contribution in [-0.4, -0.2) is 32.1 Å². The zero-order valence-corrected chi connectivity index (χ0v) is 12.5. The minimum Gasteiger partial charge on any atom is -0.483 e. The topological polar surface area (TPSA) is 64.6 Å². The molecule has 1 rings (SSSR count). The number of carbonyl (C=O) groups excluding carboxylic acids is 2. The fraction of sp³-hybridized carbons (Fsp3) is 0.385. The molecule has 0 radical (unpaired) electrons. The molecule has 0 fully saturated rings. The van der Waals surface area contributed by atoms with Crippen molar-refractivity contribution < 1.29 is 19.1 Å². The van der Waals surface area contributed by atoms with Gasteiger partial charge in [0.25, 0.3) is 5.91 Å². The number of nitrogens with one attached hydrogen (secondary N) is 1. The van der Waals surface area contributed by atoms with Crippen LogP contribution >= 0.6 is 15.9 Å². The van der Waals surface area contributed by atoms with E-state index in [0.717, 1.165) is 10.0 Å². The highest BCUT2D eigenvalue weighted by Crippen LogP contribution is 2.25. The lowest BCUT2D eigenvalue weighted by Crippen LogP contribution is -2.30. The second-order valence-electron chi connectivity index (χ2n) is 3.90. The van der Waals surface area contributed by atoms with Gasteiger partial charge in [-0.3, -0.25) is 9.59 Å². The van der Waals surface area contributed by atoms with Crippen molar-refractivity contribution in [2.75, 3.05) is 20.3 Å². The molecule has 104 valence electrons. The highest BCUT2D eigenvalue weighted by Gasteiger charge is 2.06. The van der Waals surface area contributed by atoms with Crippen LogP contribution in [0.4, 0.5) is 0 Å². The Morgan fingerprint density at radius 2 is 2.11 bits per heavy atom. The largest absolute Gasteiger partial charge is 0.483 e. The summed E-state index contributed by atoms with van der Waals surface area (Å²) >= 11 is 3.36. The predicted octanol–water partition coefficient (Wildman–Crippen LogP) is 1.82. The predicted molar refractivity (Wildman–Crippen MR) is 74.0 cm³/mol. The van der Waals surface area contributed by atoms with Crippen LogP contribution in [0, 0.1) is 6.92 Å². The summed E-state index contributed by atoms with van der Waals surface area (Å²) in [5.41, 5.74) is 1.10. The van der Waals surface area contributed by atoms with Gasteiger partial charge in [0, 0.05) is 6.54 Å². The van der Waals surface area contributed by atoms with E-state index >= 15 is 0 Å². The number of hydrogen-bond donors (Lipinski definition) is 1. The van der Waals surface area contributed by atoms with Crippen LogP contribution < -0.4 is 10.1 Å². The summed E-state index contributed by atoms with van der Waals surface area (Å²) in [6, 6.07) is 5.60. The van der Waals surface area contributed by atoms with E-state index in [-0.39, 0.29) is 31.4 Å². The van der Waals surface area contributed by atoms with Crippen LogP contribution in [0.3, 0.4) is 0 Å². The monoisotopic (exact) mass is 329 g/mol. The highest BCUT2D eigenvalue weighted by molar-refractivity contribution is 9.10. The molecule has 0 saturated heterocycles. The van der Waals surface area contributed by atoms with Crippen LogP contribution in [0.15, 0.2) is 22.7 Å². The Morgan fingerprint density at radius 3 is 2.74 bits per heavy atom. The Hall–Kier alpha value is -1.56. The first kappa shape index (κ1) is 15.5. The Balaban J connectivity index is 2.32. The fourth-order valence-electron chi connectivity index (χ4n) is 1.32. The van der Waals surface area contributed by atoms with Gasteiger partial charge in [-0.2, -0.15) is 0 Å². The number of aryl methyl sites for hydroxylation is 1. The normalized spacial score (nSPS) is 9.84. The van der Waals surface area contributed by atoms with E-state index in [1.54, 1.807) is 6.07 Å². The quantitative estimate of drug-likeness (QED) is 0.808. The SMILES string of the molecule is COC(=O)CCNC(=O)COc1ccc(C)cc1Br. The molecule has 0 aliphatic carbocycles. The highest BCUT2D eigenvalue weighted by atomic mass is 79.9. The van der Waals surface area contributed by atoms with Crippen LogP contribution in [-0.2, 0) is 14.3 Å². The summed E-state index contributed by atoms with van der Waals surface area (Å²) in [6.07, 6.45) is 0.149. The molecule has 0 aromatic heterocycles. The van der Waals surface area contributed by atoms with E-state index in [0.29, 0.717) is 5.75 Å². The number of benzene rings is 1. The minimum absolute atomic E-state index is 0.0944. The van der Waals surface area contributed by atoms with Gasteiger partial charge in [0.05, 0.1) is 18.0 Å². The summed E-state index contributed by atoms with van der Waals surface area (Å²) in [4.78, 5) is 22.3. The number of carbonyl (C=O) groups is 2. The smallest absolute Gasteiger partial charge is 0.307 e. The number of methoxy groups -OCH3 is 1. The van der Waals surface area contributed by atoms with E-state index in [1.807, 2.05) is 19.1 Å².